The Morgan fingerprint density at radius 2 is 2.03 bits per heavy atom. The third-order valence-corrected chi connectivity index (χ3v) is 8.68. The van der Waals surface area contributed by atoms with Gasteiger partial charge in [0.15, 0.2) is 0 Å². The molecular formula is C21H24F2N4O2S. The molecule has 160 valence electrons. The molecule has 0 amide bonds. The SMILES string of the molecule is C[C@H]1[C@H](O)CN1c1nc(-c2cccc(N=S3(=O)CCCC3)c2)c2c(n1)C(F)(F)CC2. The average molecular weight is 435 g/mol. The zero-order valence-corrected chi connectivity index (χ0v) is 17.5. The van der Waals surface area contributed by atoms with E-state index in [4.69, 9.17) is 0 Å². The van der Waals surface area contributed by atoms with E-state index in [0.29, 0.717) is 40.6 Å². The van der Waals surface area contributed by atoms with Crippen molar-refractivity contribution in [1.82, 2.24) is 9.97 Å². The van der Waals surface area contributed by atoms with E-state index >= 15 is 0 Å². The molecule has 0 radical (unpaired) electrons. The number of β-amino-alcohol motifs (C(OH)–C–C–N with tert-alkyl or cyclic N) is 1. The van der Waals surface area contributed by atoms with Crippen molar-refractivity contribution in [1.29, 1.82) is 0 Å². The Balaban J connectivity index is 1.62. The number of aliphatic hydroxyl groups is 1. The molecule has 6 nitrogen and oxygen atoms in total. The number of hydrogen-bond acceptors (Lipinski definition) is 6. The Morgan fingerprint density at radius 1 is 1.27 bits per heavy atom. The van der Waals surface area contributed by atoms with Crippen LogP contribution in [0.2, 0.25) is 0 Å². The molecular weight excluding hydrogens is 410 g/mol. The second kappa shape index (κ2) is 6.95. The van der Waals surface area contributed by atoms with Crippen molar-refractivity contribution in [2.24, 2.45) is 4.36 Å². The van der Waals surface area contributed by atoms with Crippen molar-refractivity contribution in [3.63, 3.8) is 0 Å². The van der Waals surface area contributed by atoms with Crippen LogP contribution in [0.1, 0.15) is 37.4 Å². The number of rotatable bonds is 3. The molecule has 2 saturated heterocycles. The Morgan fingerprint density at radius 3 is 2.73 bits per heavy atom. The van der Waals surface area contributed by atoms with Crippen LogP contribution in [0.5, 0.6) is 0 Å². The summed E-state index contributed by atoms with van der Waals surface area (Å²) in [4.78, 5) is 10.6. The lowest BCUT2D eigenvalue weighted by Crippen LogP contribution is -2.59. The number of anilines is 1. The molecule has 30 heavy (non-hydrogen) atoms. The van der Waals surface area contributed by atoms with E-state index in [1.54, 1.807) is 23.1 Å². The molecule has 2 aliphatic heterocycles. The van der Waals surface area contributed by atoms with Crippen LogP contribution < -0.4 is 4.90 Å². The number of fused-ring (bicyclic) bond motifs is 1. The molecule has 1 aromatic carbocycles. The molecule has 1 N–H and O–H groups in total. The Hall–Kier alpha value is -2.13. The second-order valence-corrected chi connectivity index (χ2v) is 10.9. The first-order valence-electron chi connectivity index (χ1n) is 10.3. The van der Waals surface area contributed by atoms with Crippen molar-refractivity contribution >= 4 is 21.4 Å². The van der Waals surface area contributed by atoms with E-state index in [0.717, 1.165) is 12.8 Å². The summed E-state index contributed by atoms with van der Waals surface area (Å²) in [5.41, 5.74) is 1.97. The van der Waals surface area contributed by atoms with Gasteiger partial charge >= 0.3 is 0 Å². The Labute approximate surface area is 174 Å². The summed E-state index contributed by atoms with van der Waals surface area (Å²) in [5, 5.41) is 9.84. The molecule has 0 unspecified atom stereocenters. The Kier molecular flexibility index (Phi) is 4.59. The second-order valence-electron chi connectivity index (χ2n) is 8.39. The first-order chi connectivity index (χ1) is 14.3. The van der Waals surface area contributed by atoms with E-state index in [-0.39, 0.29) is 30.5 Å². The highest BCUT2D eigenvalue weighted by Crippen LogP contribution is 2.45. The predicted octanol–water partition coefficient (Wildman–Crippen LogP) is 3.64. The molecule has 2 atom stereocenters. The van der Waals surface area contributed by atoms with Crippen LogP contribution in [-0.2, 0) is 22.1 Å². The van der Waals surface area contributed by atoms with Crippen LogP contribution in [0.4, 0.5) is 20.4 Å². The molecule has 2 fully saturated rings. The number of alkyl halides is 2. The molecule has 0 bridgehead atoms. The largest absolute Gasteiger partial charge is 0.389 e. The van der Waals surface area contributed by atoms with Gasteiger partial charge in [-0.25, -0.2) is 14.2 Å². The summed E-state index contributed by atoms with van der Waals surface area (Å²) in [6.45, 7) is 2.14. The number of hydrogen-bond donors (Lipinski definition) is 1. The molecule has 3 aliphatic rings. The molecule has 0 saturated carbocycles. The van der Waals surface area contributed by atoms with Crippen LogP contribution in [0, 0.1) is 0 Å². The number of benzene rings is 1. The Bertz CT molecular complexity index is 1120. The minimum absolute atomic E-state index is 0.203. The van der Waals surface area contributed by atoms with E-state index in [9.17, 15) is 18.1 Å². The maximum absolute atomic E-state index is 14.6. The summed E-state index contributed by atoms with van der Waals surface area (Å²) in [6.07, 6.45) is 1.23. The van der Waals surface area contributed by atoms with E-state index < -0.39 is 21.8 Å². The van der Waals surface area contributed by atoms with Gasteiger partial charge in [-0.15, -0.1) is 0 Å². The lowest BCUT2D eigenvalue weighted by atomic mass is 10.0. The summed E-state index contributed by atoms with van der Waals surface area (Å²) in [7, 11) is -2.23. The van der Waals surface area contributed by atoms with Gasteiger partial charge in [0.05, 0.1) is 33.3 Å². The van der Waals surface area contributed by atoms with E-state index in [1.165, 1.54) is 0 Å². The number of aromatic nitrogens is 2. The predicted molar refractivity (Wildman–Crippen MR) is 112 cm³/mol. The average Bonchev–Trinajstić information content (AvgIpc) is 3.28. The minimum Gasteiger partial charge on any atom is -0.389 e. The topological polar surface area (TPSA) is 78.7 Å². The van der Waals surface area contributed by atoms with Gasteiger partial charge in [0.2, 0.25) is 5.95 Å². The van der Waals surface area contributed by atoms with Crippen molar-refractivity contribution < 1.29 is 18.1 Å². The highest BCUT2D eigenvalue weighted by atomic mass is 32.2. The van der Waals surface area contributed by atoms with Gasteiger partial charge in [0.1, 0.15) is 5.69 Å². The molecule has 5 rings (SSSR count). The number of nitrogens with zero attached hydrogens (tertiary/aromatic N) is 4. The van der Waals surface area contributed by atoms with Crippen molar-refractivity contribution in [2.45, 2.75) is 50.7 Å². The van der Waals surface area contributed by atoms with E-state index in [2.05, 4.69) is 14.3 Å². The van der Waals surface area contributed by atoms with Crippen LogP contribution in [0.3, 0.4) is 0 Å². The van der Waals surface area contributed by atoms with Crippen LogP contribution in [-0.4, -0.2) is 49.5 Å². The monoisotopic (exact) mass is 434 g/mol. The van der Waals surface area contributed by atoms with Gasteiger partial charge in [-0.05, 0) is 38.3 Å². The maximum atomic E-state index is 14.6. The quantitative estimate of drug-likeness (QED) is 0.798. The standard InChI is InChI=1S/C21H24F2N4O2S/c1-13-17(28)12-27(13)20-24-18(16-7-8-21(22,23)19(16)25-20)14-5-4-6-15(11-14)26-30(29)9-2-3-10-30/h4-6,11,13,17,28H,2-3,7-10,12H2,1H3/t13-,17+/m0/s1. The summed E-state index contributed by atoms with van der Waals surface area (Å²) >= 11 is 0. The van der Waals surface area contributed by atoms with E-state index in [1.807, 2.05) is 13.0 Å². The van der Waals surface area contributed by atoms with Gasteiger partial charge in [-0.3, -0.25) is 0 Å². The molecule has 1 aromatic heterocycles. The van der Waals surface area contributed by atoms with Gasteiger partial charge in [0, 0.05) is 35.6 Å². The first kappa shape index (κ1) is 19.8. The summed E-state index contributed by atoms with van der Waals surface area (Å²) in [6, 6.07) is 6.96. The highest BCUT2D eigenvalue weighted by Gasteiger charge is 2.45. The molecule has 3 heterocycles. The molecule has 1 aliphatic carbocycles. The van der Waals surface area contributed by atoms with Crippen molar-refractivity contribution in [3.8, 4) is 11.3 Å². The third-order valence-electron chi connectivity index (χ3n) is 6.29. The van der Waals surface area contributed by atoms with Crippen molar-refractivity contribution in [2.75, 3.05) is 23.0 Å². The zero-order chi connectivity index (χ0) is 21.1. The van der Waals surface area contributed by atoms with Crippen LogP contribution >= 0.6 is 0 Å². The lowest BCUT2D eigenvalue weighted by molar-refractivity contribution is -0.00603. The molecule has 2 aromatic rings. The van der Waals surface area contributed by atoms with Gasteiger partial charge in [-0.1, -0.05) is 12.1 Å². The maximum Gasteiger partial charge on any atom is 0.290 e. The van der Waals surface area contributed by atoms with Crippen LogP contribution in [0.25, 0.3) is 11.3 Å². The van der Waals surface area contributed by atoms with Gasteiger partial charge in [0.25, 0.3) is 5.92 Å². The fourth-order valence-electron chi connectivity index (χ4n) is 4.38. The normalized spacial score (nSPS) is 26.3. The lowest BCUT2D eigenvalue weighted by Gasteiger charge is -2.43. The van der Waals surface area contributed by atoms with Crippen molar-refractivity contribution in [3.05, 3.63) is 35.5 Å². The minimum atomic E-state index is -3.00. The molecule has 9 heteroatoms. The smallest absolute Gasteiger partial charge is 0.290 e. The first-order valence-corrected chi connectivity index (χ1v) is 12.2. The van der Waals surface area contributed by atoms with Gasteiger partial charge in [-0.2, -0.15) is 13.1 Å². The zero-order valence-electron chi connectivity index (χ0n) is 16.7. The molecule has 0 spiro atoms. The summed E-state index contributed by atoms with van der Waals surface area (Å²) < 4.78 is 46.4. The number of halogens is 2. The van der Waals surface area contributed by atoms with Crippen LogP contribution in [0.15, 0.2) is 28.6 Å². The summed E-state index contributed by atoms with van der Waals surface area (Å²) in [5.74, 6) is -1.58. The third kappa shape index (κ3) is 3.28. The highest BCUT2D eigenvalue weighted by molar-refractivity contribution is 7.93. The van der Waals surface area contributed by atoms with Gasteiger partial charge < -0.3 is 10.0 Å². The number of aliphatic hydroxyl groups excluding tert-OH is 1. The fraction of sp³-hybridized carbons (Fsp3) is 0.524. The fourth-order valence-corrected chi connectivity index (χ4v) is 6.58.